The van der Waals surface area contributed by atoms with E-state index in [-0.39, 0.29) is 12.6 Å². The normalized spacial score (nSPS) is 17.3. The first-order chi connectivity index (χ1) is 7.67. The summed E-state index contributed by atoms with van der Waals surface area (Å²) in [5.41, 5.74) is -0.436. The van der Waals surface area contributed by atoms with Crippen molar-refractivity contribution >= 4 is 6.03 Å². The van der Waals surface area contributed by atoms with E-state index in [4.69, 9.17) is 0 Å². The van der Waals surface area contributed by atoms with Crippen LogP contribution < -0.4 is 5.32 Å². The SMILES string of the molecule is CCC(CC)(CO)NC(=O)N1CCCCC1. The molecule has 0 aliphatic carbocycles. The lowest BCUT2D eigenvalue weighted by atomic mass is 9.94. The van der Waals surface area contributed by atoms with Gasteiger partial charge in [0.15, 0.2) is 0 Å². The van der Waals surface area contributed by atoms with E-state index >= 15 is 0 Å². The molecule has 4 nitrogen and oxygen atoms in total. The molecule has 0 bridgehead atoms. The van der Waals surface area contributed by atoms with Crippen molar-refractivity contribution in [1.29, 1.82) is 0 Å². The molecule has 0 aromatic heterocycles. The van der Waals surface area contributed by atoms with E-state index in [9.17, 15) is 9.90 Å². The van der Waals surface area contributed by atoms with Crippen LogP contribution in [0.25, 0.3) is 0 Å². The number of urea groups is 1. The second-order valence-corrected chi connectivity index (χ2v) is 4.62. The number of hydrogen-bond acceptors (Lipinski definition) is 2. The average molecular weight is 228 g/mol. The Kier molecular flexibility index (Phi) is 5.06. The number of nitrogens with zero attached hydrogens (tertiary/aromatic N) is 1. The molecule has 0 aromatic rings. The largest absolute Gasteiger partial charge is 0.394 e. The highest BCUT2D eigenvalue weighted by molar-refractivity contribution is 5.75. The molecule has 16 heavy (non-hydrogen) atoms. The number of carbonyl (C=O) groups is 1. The molecule has 1 saturated heterocycles. The Morgan fingerprint density at radius 3 is 2.25 bits per heavy atom. The van der Waals surface area contributed by atoms with Crippen molar-refractivity contribution in [3.8, 4) is 0 Å². The lowest BCUT2D eigenvalue weighted by Crippen LogP contribution is -2.55. The van der Waals surface area contributed by atoms with Gasteiger partial charge in [0.2, 0.25) is 0 Å². The summed E-state index contributed by atoms with van der Waals surface area (Å²) in [6.07, 6.45) is 4.94. The minimum absolute atomic E-state index is 0.0135. The summed E-state index contributed by atoms with van der Waals surface area (Å²) in [6.45, 7) is 5.70. The molecule has 0 spiro atoms. The summed E-state index contributed by atoms with van der Waals surface area (Å²) in [4.78, 5) is 13.9. The van der Waals surface area contributed by atoms with Crippen molar-refractivity contribution in [2.75, 3.05) is 19.7 Å². The van der Waals surface area contributed by atoms with Crippen molar-refractivity contribution in [3.05, 3.63) is 0 Å². The van der Waals surface area contributed by atoms with E-state index < -0.39 is 5.54 Å². The van der Waals surface area contributed by atoms with E-state index in [1.165, 1.54) is 6.42 Å². The van der Waals surface area contributed by atoms with Crippen LogP contribution >= 0.6 is 0 Å². The van der Waals surface area contributed by atoms with Crippen molar-refractivity contribution in [3.63, 3.8) is 0 Å². The molecule has 2 N–H and O–H groups in total. The Labute approximate surface area is 98.0 Å². The molecule has 1 aliphatic heterocycles. The van der Waals surface area contributed by atoms with Crippen LogP contribution in [0, 0.1) is 0 Å². The highest BCUT2D eigenvalue weighted by Crippen LogP contribution is 2.16. The van der Waals surface area contributed by atoms with Gasteiger partial charge >= 0.3 is 6.03 Å². The molecule has 0 unspecified atom stereocenters. The Morgan fingerprint density at radius 2 is 1.81 bits per heavy atom. The van der Waals surface area contributed by atoms with Gasteiger partial charge in [0.25, 0.3) is 0 Å². The smallest absolute Gasteiger partial charge is 0.317 e. The van der Waals surface area contributed by atoms with Gasteiger partial charge < -0.3 is 15.3 Å². The maximum absolute atomic E-state index is 12.0. The monoisotopic (exact) mass is 228 g/mol. The lowest BCUT2D eigenvalue weighted by Gasteiger charge is -2.35. The van der Waals surface area contributed by atoms with Gasteiger partial charge in [-0.1, -0.05) is 13.8 Å². The van der Waals surface area contributed by atoms with Gasteiger partial charge in [0, 0.05) is 13.1 Å². The maximum Gasteiger partial charge on any atom is 0.317 e. The van der Waals surface area contributed by atoms with Crippen LogP contribution in [-0.4, -0.2) is 41.3 Å². The van der Waals surface area contributed by atoms with Gasteiger partial charge in [-0.3, -0.25) is 0 Å². The predicted molar refractivity (Wildman–Crippen MR) is 64.4 cm³/mol. The van der Waals surface area contributed by atoms with Gasteiger partial charge in [-0.25, -0.2) is 4.79 Å². The number of nitrogens with one attached hydrogen (secondary N) is 1. The topological polar surface area (TPSA) is 52.6 Å². The Hall–Kier alpha value is -0.770. The fourth-order valence-electron chi connectivity index (χ4n) is 2.09. The average Bonchev–Trinajstić information content (AvgIpc) is 2.37. The van der Waals surface area contributed by atoms with Crippen LogP contribution in [0.4, 0.5) is 4.79 Å². The number of amides is 2. The predicted octanol–water partition coefficient (Wildman–Crippen LogP) is 1.73. The molecule has 1 aliphatic rings. The zero-order chi connectivity index (χ0) is 12.0. The third kappa shape index (κ3) is 3.11. The highest BCUT2D eigenvalue weighted by atomic mass is 16.3. The van der Waals surface area contributed by atoms with Crippen molar-refractivity contribution in [2.45, 2.75) is 51.5 Å². The summed E-state index contributed by atoms with van der Waals surface area (Å²) in [6, 6.07) is -0.0162. The molecule has 0 aromatic carbocycles. The van der Waals surface area contributed by atoms with Crippen LogP contribution in [0.2, 0.25) is 0 Å². The lowest BCUT2D eigenvalue weighted by molar-refractivity contribution is 0.131. The first kappa shape index (κ1) is 13.3. The molecule has 0 radical (unpaired) electrons. The summed E-state index contributed by atoms with van der Waals surface area (Å²) >= 11 is 0. The molecule has 4 heteroatoms. The quantitative estimate of drug-likeness (QED) is 0.770. The summed E-state index contributed by atoms with van der Waals surface area (Å²) in [5, 5.41) is 12.4. The number of rotatable bonds is 4. The summed E-state index contributed by atoms with van der Waals surface area (Å²) in [7, 11) is 0. The van der Waals surface area contributed by atoms with Crippen LogP contribution in [0.1, 0.15) is 46.0 Å². The first-order valence-electron chi connectivity index (χ1n) is 6.35. The molecule has 1 rings (SSSR count). The van der Waals surface area contributed by atoms with E-state index in [1.807, 2.05) is 18.7 Å². The number of likely N-dealkylation sites (tertiary alicyclic amines) is 1. The third-order valence-corrected chi connectivity index (χ3v) is 3.67. The van der Waals surface area contributed by atoms with Gasteiger partial charge in [-0.05, 0) is 32.1 Å². The number of aliphatic hydroxyl groups excluding tert-OH is 1. The van der Waals surface area contributed by atoms with Gasteiger partial charge in [0.05, 0.1) is 12.1 Å². The van der Waals surface area contributed by atoms with E-state index in [0.29, 0.717) is 0 Å². The van der Waals surface area contributed by atoms with Crippen LogP contribution in [-0.2, 0) is 0 Å². The Balaban J connectivity index is 2.53. The summed E-state index contributed by atoms with van der Waals surface area (Å²) < 4.78 is 0. The van der Waals surface area contributed by atoms with Gasteiger partial charge in [-0.2, -0.15) is 0 Å². The number of hydrogen-bond donors (Lipinski definition) is 2. The molecule has 0 atom stereocenters. The van der Waals surface area contributed by atoms with Crippen LogP contribution in [0.5, 0.6) is 0 Å². The minimum atomic E-state index is -0.436. The number of aliphatic hydroxyl groups is 1. The van der Waals surface area contributed by atoms with Gasteiger partial charge in [0.1, 0.15) is 0 Å². The zero-order valence-electron chi connectivity index (χ0n) is 10.5. The fraction of sp³-hybridized carbons (Fsp3) is 0.917. The van der Waals surface area contributed by atoms with Crippen molar-refractivity contribution < 1.29 is 9.90 Å². The number of piperidine rings is 1. The standard InChI is InChI=1S/C12H24N2O2/c1-3-12(4-2,10-15)13-11(16)14-8-6-5-7-9-14/h15H,3-10H2,1-2H3,(H,13,16). The molecule has 94 valence electrons. The second-order valence-electron chi connectivity index (χ2n) is 4.62. The minimum Gasteiger partial charge on any atom is -0.394 e. The van der Waals surface area contributed by atoms with Gasteiger partial charge in [-0.15, -0.1) is 0 Å². The van der Waals surface area contributed by atoms with Crippen LogP contribution in [0.15, 0.2) is 0 Å². The molecule has 1 fully saturated rings. The van der Waals surface area contributed by atoms with E-state index in [2.05, 4.69) is 5.32 Å². The molecular formula is C12H24N2O2. The second kappa shape index (κ2) is 6.09. The highest BCUT2D eigenvalue weighted by Gasteiger charge is 2.29. The van der Waals surface area contributed by atoms with E-state index in [0.717, 1.165) is 38.8 Å². The van der Waals surface area contributed by atoms with E-state index in [1.54, 1.807) is 0 Å². The molecular weight excluding hydrogens is 204 g/mol. The first-order valence-corrected chi connectivity index (χ1v) is 6.35. The Morgan fingerprint density at radius 1 is 1.25 bits per heavy atom. The van der Waals surface area contributed by atoms with Crippen molar-refractivity contribution in [2.24, 2.45) is 0 Å². The molecule has 1 heterocycles. The van der Waals surface area contributed by atoms with Crippen LogP contribution in [0.3, 0.4) is 0 Å². The zero-order valence-corrected chi connectivity index (χ0v) is 10.5. The summed E-state index contributed by atoms with van der Waals surface area (Å²) in [5.74, 6) is 0. The fourth-order valence-corrected chi connectivity index (χ4v) is 2.09. The Bertz CT molecular complexity index is 213. The van der Waals surface area contributed by atoms with Crippen molar-refractivity contribution in [1.82, 2.24) is 10.2 Å². The number of carbonyl (C=O) groups excluding carboxylic acids is 1. The third-order valence-electron chi connectivity index (χ3n) is 3.67. The maximum atomic E-state index is 12.0. The molecule has 0 saturated carbocycles. The molecule has 2 amide bonds.